The van der Waals surface area contributed by atoms with Crippen molar-refractivity contribution >= 4 is 17.5 Å². The van der Waals surface area contributed by atoms with Crippen LogP contribution in [0.2, 0.25) is 5.02 Å². The van der Waals surface area contributed by atoms with Crippen molar-refractivity contribution < 1.29 is 13.9 Å². The second-order valence-electron chi connectivity index (χ2n) is 3.45. The van der Waals surface area contributed by atoms with Gasteiger partial charge in [-0.05, 0) is 25.1 Å². The standard InChI is InChI=1S/C11H13ClFNO2/c1-7(6-16-2)14-11(15)9-5-8(12)3-4-10(9)13/h3-5,7H,6H2,1-2H3,(H,14,15). The van der Waals surface area contributed by atoms with Crippen LogP contribution in [0.5, 0.6) is 0 Å². The normalized spacial score (nSPS) is 12.2. The third kappa shape index (κ3) is 3.47. The Morgan fingerprint density at radius 1 is 1.62 bits per heavy atom. The van der Waals surface area contributed by atoms with Crippen LogP contribution in [0, 0.1) is 5.82 Å². The molecule has 1 N–H and O–H groups in total. The highest BCUT2D eigenvalue weighted by Crippen LogP contribution is 2.14. The van der Waals surface area contributed by atoms with Crippen molar-refractivity contribution in [1.29, 1.82) is 0 Å². The minimum atomic E-state index is -0.591. The molecule has 0 aliphatic rings. The van der Waals surface area contributed by atoms with E-state index in [-0.39, 0.29) is 11.6 Å². The molecule has 0 spiro atoms. The molecule has 1 amide bonds. The number of hydrogen-bond donors (Lipinski definition) is 1. The minimum absolute atomic E-state index is 0.0598. The number of methoxy groups -OCH3 is 1. The second kappa shape index (κ2) is 5.82. The van der Waals surface area contributed by atoms with Gasteiger partial charge in [0.25, 0.3) is 5.91 Å². The molecule has 3 nitrogen and oxygen atoms in total. The number of carbonyl (C=O) groups is 1. The van der Waals surface area contributed by atoms with Crippen LogP contribution in [0.3, 0.4) is 0 Å². The highest BCUT2D eigenvalue weighted by atomic mass is 35.5. The Labute approximate surface area is 98.5 Å². The van der Waals surface area contributed by atoms with Crippen molar-refractivity contribution in [3.63, 3.8) is 0 Å². The van der Waals surface area contributed by atoms with Crippen LogP contribution in [0.25, 0.3) is 0 Å². The first-order chi connectivity index (χ1) is 7.54. The Morgan fingerprint density at radius 3 is 2.94 bits per heavy atom. The molecule has 0 aliphatic carbocycles. The van der Waals surface area contributed by atoms with Gasteiger partial charge in [0.2, 0.25) is 0 Å². The maximum Gasteiger partial charge on any atom is 0.254 e. The summed E-state index contributed by atoms with van der Waals surface area (Å²) in [5, 5.41) is 2.93. The van der Waals surface area contributed by atoms with Gasteiger partial charge in [-0.2, -0.15) is 0 Å². The zero-order valence-electron chi connectivity index (χ0n) is 9.09. The molecule has 1 unspecified atom stereocenters. The number of hydrogen-bond acceptors (Lipinski definition) is 2. The molecule has 1 aromatic rings. The number of halogens is 2. The third-order valence-corrected chi connectivity index (χ3v) is 2.20. The van der Waals surface area contributed by atoms with Crippen LogP contribution >= 0.6 is 11.6 Å². The molecule has 0 bridgehead atoms. The molecule has 0 fully saturated rings. The number of rotatable bonds is 4. The van der Waals surface area contributed by atoms with Crippen LogP contribution in [0.4, 0.5) is 4.39 Å². The number of ether oxygens (including phenoxy) is 1. The lowest BCUT2D eigenvalue weighted by Gasteiger charge is -2.13. The molecule has 88 valence electrons. The number of benzene rings is 1. The summed E-state index contributed by atoms with van der Waals surface area (Å²) in [6, 6.07) is 3.67. The van der Waals surface area contributed by atoms with E-state index in [1.54, 1.807) is 6.92 Å². The minimum Gasteiger partial charge on any atom is -0.383 e. The molecule has 5 heteroatoms. The first kappa shape index (κ1) is 12.9. The molecule has 0 saturated heterocycles. The van der Waals surface area contributed by atoms with Crippen LogP contribution in [-0.4, -0.2) is 25.7 Å². The van der Waals surface area contributed by atoms with E-state index in [2.05, 4.69) is 5.32 Å². The summed E-state index contributed by atoms with van der Waals surface area (Å²) in [7, 11) is 1.53. The topological polar surface area (TPSA) is 38.3 Å². The van der Waals surface area contributed by atoms with E-state index in [0.29, 0.717) is 11.6 Å². The lowest BCUT2D eigenvalue weighted by Crippen LogP contribution is -2.36. The first-order valence-corrected chi connectivity index (χ1v) is 5.17. The van der Waals surface area contributed by atoms with Crippen molar-refractivity contribution in [2.45, 2.75) is 13.0 Å². The summed E-state index contributed by atoms with van der Waals surface area (Å²) in [4.78, 5) is 11.6. The first-order valence-electron chi connectivity index (χ1n) is 4.79. The van der Waals surface area contributed by atoms with Crippen molar-refractivity contribution in [1.82, 2.24) is 5.32 Å². The molecule has 1 aromatic carbocycles. The van der Waals surface area contributed by atoms with Gasteiger partial charge in [0.05, 0.1) is 12.2 Å². The molecule has 1 rings (SSSR count). The molecule has 0 saturated carbocycles. The fourth-order valence-corrected chi connectivity index (χ4v) is 1.44. The Kier molecular flexibility index (Phi) is 4.71. The van der Waals surface area contributed by atoms with Crippen LogP contribution in [0.1, 0.15) is 17.3 Å². The molecular weight excluding hydrogens is 233 g/mol. The van der Waals surface area contributed by atoms with Gasteiger partial charge in [-0.15, -0.1) is 0 Å². The zero-order chi connectivity index (χ0) is 12.1. The maximum atomic E-state index is 13.3. The summed E-state index contributed by atoms with van der Waals surface area (Å²) in [5.74, 6) is -1.09. The van der Waals surface area contributed by atoms with E-state index in [1.165, 1.54) is 19.2 Å². The lowest BCUT2D eigenvalue weighted by atomic mass is 10.2. The zero-order valence-corrected chi connectivity index (χ0v) is 9.84. The fraction of sp³-hybridized carbons (Fsp3) is 0.364. The van der Waals surface area contributed by atoms with Gasteiger partial charge in [-0.25, -0.2) is 4.39 Å². The molecule has 0 aliphatic heterocycles. The summed E-state index contributed by atoms with van der Waals surface area (Å²) in [5.41, 5.74) is -0.0598. The van der Waals surface area contributed by atoms with Gasteiger partial charge in [-0.1, -0.05) is 11.6 Å². The molecular formula is C11H13ClFNO2. The van der Waals surface area contributed by atoms with Gasteiger partial charge in [0.15, 0.2) is 0 Å². The van der Waals surface area contributed by atoms with E-state index >= 15 is 0 Å². The molecule has 0 heterocycles. The molecule has 0 aromatic heterocycles. The van der Waals surface area contributed by atoms with E-state index in [0.717, 1.165) is 6.07 Å². The quantitative estimate of drug-likeness (QED) is 0.884. The molecule has 16 heavy (non-hydrogen) atoms. The van der Waals surface area contributed by atoms with E-state index < -0.39 is 11.7 Å². The largest absolute Gasteiger partial charge is 0.383 e. The van der Waals surface area contributed by atoms with E-state index in [9.17, 15) is 9.18 Å². The Morgan fingerprint density at radius 2 is 2.31 bits per heavy atom. The van der Waals surface area contributed by atoms with Crippen molar-refractivity contribution in [3.8, 4) is 0 Å². The Balaban J connectivity index is 2.76. The van der Waals surface area contributed by atoms with Crippen molar-refractivity contribution in [2.24, 2.45) is 0 Å². The average Bonchev–Trinajstić information content (AvgIpc) is 2.21. The van der Waals surface area contributed by atoms with Crippen LogP contribution in [0.15, 0.2) is 18.2 Å². The number of carbonyl (C=O) groups excluding carboxylic acids is 1. The molecule has 1 atom stereocenters. The predicted molar refractivity (Wildman–Crippen MR) is 60.2 cm³/mol. The number of amides is 1. The van der Waals surface area contributed by atoms with Gasteiger partial charge >= 0.3 is 0 Å². The third-order valence-electron chi connectivity index (χ3n) is 1.97. The van der Waals surface area contributed by atoms with E-state index in [1.807, 2.05) is 0 Å². The number of nitrogens with one attached hydrogen (secondary N) is 1. The summed E-state index contributed by atoms with van der Waals surface area (Å²) in [6.45, 7) is 2.14. The lowest BCUT2D eigenvalue weighted by molar-refractivity contribution is 0.0901. The SMILES string of the molecule is COCC(C)NC(=O)c1cc(Cl)ccc1F. The van der Waals surface area contributed by atoms with Gasteiger partial charge < -0.3 is 10.1 Å². The Hall–Kier alpha value is -1.13. The van der Waals surface area contributed by atoms with Gasteiger partial charge in [0.1, 0.15) is 5.82 Å². The summed E-state index contributed by atoms with van der Waals surface area (Å²) in [6.07, 6.45) is 0. The maximum absolute atomic E-state index is 13.3. The fourth-order valence-electron chi connectivity index (χ4n) is 1.26. The predicted octanol–water partition coefficient (Wildman–Crippen LogP) is 2.24. The summed E-state index contributed by atoms with van der Waals surface area (Å²) < 4.78 is 18.2. The average molecular weight is 246 g/mol. The van der Waals surface area contributed by atoms with Crippen molar-refractivity contribution in [3.05, 3.63) is 34.6 Å². The van der Waals surface area contributed by atoms with Gasteiger partial charge in [-0.3, -0.25) is 4.79 Å². The van der Waals surface area contributed by atoms with Gasteiger partial charge in [0, 0.05) is 18.2 Å². The monoisotopic (exact) mass is 245 g/mol. The highest BCUT2D eigenvalue weighted by molar-refractivity contribution is 6.30. The molecule has 0 radical (unpaired) electrons. The van der Waals surface area contributed by atoms with Crippen molar-refractivity contribution in [2.75, 3.05) is 13.7 Å². The van der Waals surface area contributed by atoms with Crippen LogP contribution in [-0.2, 0) is 4.74 Å². The smallest absolute Gasteiger partial charge is 0.254 e. The van der Waals surface area contributed by atoms with E-state index in [4.69, 9.17) is 16.3 Å². The van der Waals surface area contributed by atoms with Crippen LogP contribution < -0.4 is 5.32 Å². The Bertz CT molecular complexity index is 384. The summed E-state index contributed by atoms with van der Waals surface area (Å²) >= 11 is 5.69. The second-order valence-corrected chi connectivity index (χ2v) is 3.89. The highest BCUT2D eigenvalue weighted by Gasteiger charge is 2.14.